The summed E-state index contributed by atoms with van der Waals surface area (Å²) < 4.78 is 0. The zero-order valence-electron chi connectivity index (χ0n) is 6.79. The Morgan fingerprint density at radius 2 is 2.27 bits per heavy atom. The minimum Gasteiger partial charge on any atom is -0.481 e. The van der Waals surface area contributed by atoms with Gasteiger partial charge in [0.25, 0.3) is 0 Å². The lowest BCUT2D eigenvalue weighted by Gasteiger charge is -2.15. The Labute approximate surface area is 66.6 Å². The summed E-state index contributed by atoms with van der Waals surface area (Å²) >= 11 is 0. The first-order valence-electron chi connectivity index (χ1n) is 4.15. The van der Waals surface area contributed by atoms with Gasteiger partial charge in [-0.15, -0.1) is 0 Å². The molecule has 1 aliphatic carbocycles. The summed E-state index contributed by atoms with van der Waals surface area (Å²) in [6, 6.07) is -0.113. The van der Waals surface area contributed by atoms with Gasteiger partial charge in [-0.05, 0) is 18.8 Å². The Hall–Kier alpha value is -0.570. The zero-order chi connectivity index (χ0) is 8.43. The van der Waals surface area contributed by atoms with Crippen molar-refractivity contribution in [2.45, 2.75) is 32.2 Å². The first-order valence-corrected chi connectivity index (χ1v) is 4.15. The van der Waals surface area contributed by atoms with Crippen LogP contribution in [0.1, 0.15) is 26.2 Å². The molecule has 0 saturated heterocycles. The van der Waals surface area contributed by atoms with Gasteiger partial charge in [-0.3, -0.25) is 4.79 Å². The molecular formula is C8H15NO2. The first-order chi connectivity index (χ1) is 5.16. The van der Waals surface area contributed by atoms with Crippen molar-refractivity contribution in [2.75, 3.05) is 0 Å². The highest BCUT2D eigenvalue weighted by Gasteiger charge is 2.37. The Morgan fingerprint density at radius 3 is 2.64 bits per heavy atom. The van der Waals surface area contributed by atoms with Gasteiger partial charge < -0.3 is 10.8 Å². The van der Waals surface area contributed by atoms with Crippen LogP contribution in [0.2, 0.25) is 0 Å². The Balaban J connectivity index is 2.63. The van der Waals surface area contributed by atoms with Crippen molar-refractivity contribution in [1.29, 1.82) is 0 Å². The van der Waals surface area contributed by atoms with Crippen LogP contribution in [-0.2, 0) is 4.79 Å². The second kappa shape index (κ2) is 3.22. The van der Waals surface area contributed by atoms with Gasteiger partial charge in [-0.25, -0.2) is 0 Å². The van der Waals surface area contributed by atoms with Crippen molar-refractivity contribution >= 4 is 5.97 Å². The van der Waals surface area contributed by atoms with Crippen LogP contribution in [-0.4, -0.2) is 17.1 Å². The molecule has 1 fully saturated rings. The predicted octanol–water partition coefficient (Wildman–Crippen LogP) is 0.834. The predicted molar refractivity (Wildman–Crippen MR) is 42.1 cm³/mol. The Kier molecular flexibility index (Phi) is 2.49. The van der Waals surface area contributed by atoms with Gasteiger partial charge in [-0.2, -0.15) is 0 Å². The van der Waals surface area contributed by atoms with Crippen LogP contribution in [0.4, 0.5) is 0 Å². The topological polar surface area (TPSA) is 63.3 Å². The number of carboxylic acid groups (broad SMARTS) is 1. The number of rotatable bonds is 2. The van der Waals surface area contributed by atoms with E-state index in [1.807, 2.05) is 6.92 Å². The van der Waals surface area contributed by atoms with E-state index in [2.05, 4.69) is 0 Å². The third-order valence-electron chi connectivity index (χ3n) is 2.65. The van der Waals surface area contributed by atoms with Crippen LogP contribution < -0.4 is 5.73 Å². The van der Waals surface area contributed by atoms with Crippen LogP contribution in [0.15, 0.2) is 0 Å². The Morgan fingerprint density at radius 1 is 1.64 bits per heavy atom. The summed E-state index contributed by atoms with van der Waals surface area (Å²) in [7, 11) is 0. The molecule has 0 aromatic carbocycles. The molecule has 0 aliphatic heterocycles. The molecule has 0 aromatic rings. The largest absolute Gasteiger partial charge is 0.481 e. The average molecular weight is 157 g/mol. The summed E-state index contributed by atoms with van der Waals surface area (Å²) in [4.78, 5) is 10.7. The monoisotopic (exact) mass is 157 g/mol. The van der Waals surface area contributed by atoms with Gasteiger partial charge in [0.15, 0.2) is 0 Å². The lowest BCUT2D eigenvalue weighted by atomic mass is 9.92. The molecule has 1 saturated carbocycles. The average Bonchev–Trinajstić information content (AvgIpc) is 2.30. The fourth-order valence-electron chi connectivity index (χ4n) is 1.96. The third-order valence-corrected chi connectivity index (χ3v) is 2.65. The van der Waals surface area contributed by atoms with E-state index in [1.165, 1.54) is 0 Å². The molecule has 3 atom stereocenters. The molecule has 3 unspecified atom stereocenters. The molecule has 0 spiro atoms. The van der Waals surface area contributed by atoms with E-state index in [1.54, 1.807) is 0 Å². The number of hydrogen-bond donors (Lipinski definition) is 2. The van der Waals surface area contributed by atoms with Crippen LogP contribution >= 0.6 is 0 Å². The zero-order valence-corrected chi connectivity index (χ0v) is 6.79. The highest BCUT2D eigenvalue weighted by molar-refractivity contribution is 5.71. The van der Waals surface area contributed by atoms with Gasteiger partial charge in [-0.1, -0.05) is 13.3 Å². The van der Waals surface area contributed by atoms with Crippen molar-refractivity contribution in [3.63, 3.8) is 0 Å². The first kappa shape index (κ1) is 8.53. The van der Waals surface area contributed by atoms with E-state index < -0.39 is 5.97 Å². The highest BCUT2D eigenvalue weighted by atomic mass is 16.4. The van der Waals surface area contributed by atoms with E-state index >= 15 is 0 Å². The van der Waals surface area contributed by atoms with Crippen molar-refractivity contribution in [1.82, 2.24) is 0 Å². The molecule has 11 heavy (non-hydrogen) atoms. The standard InChI is InChI=1S/C8H15NO2/c1-2-5-3-4-6(9)7(5)8(10)11/h5-7H,2-4,9H2,1H3,(H,10,11). The second-order valence-corrected chi connectivity index (χ2v) is 3.27. The fourth-order valence-corrected chi connectivity index (χ4v) is 1.96. The minimum atomic E-state index is -0.721. The summed E-state index contributed by atoms with van der Waals surface area (Å²) in [5, 5.41) is 8.81. The van der Waals surface area contributed by atoms with Crippen LogP contribution in [0.25, 0.3) is 0 Å². The fraction of sp³-hybridized carbons (Fsp3) is 0.875. The maximum absolute atomic E-state index is 10.7. The van der Waals surface area contributed by atoms with Crippen molar-refractivity contribution < 1.29 is 9.90 Å². The molecule has 0 radical (unpaired) electrons. The van der Waals surface area contributed by atoms with Gasteiger partial charge >= 0.3 is 5.97 Å². The van der Waals surface area contributed by atoms with Crippen molar-refractivity contribution in [3.05, 3.63) is 0 Å². The summed E-state index contributed by atoms with van der Waals surface area (Å²) in [6.45, 7) is 2.03. The van der Waals surface area contributed by atoms with Crippen molar-refractivity contribution in [3.8, 4) is 0 Å². The Bertz CT molecular complexity index is 158. The van der Waals surface area contributed by atoms with Gasteiger partial charge in [0, 0.05) is 6.04 Å². The second-order valence-electron chi connectivity index (χ2n) is 3.27. The molecule has 0 amide bonds. The van der Waals surface area contributed by atoms with Gasteiger partial charge in [0.1, 0.15) is 0 Å². The SMILES string of the molecule is CCC1CCC(N)C1C(=O)O. The number of carboxylic acids is 1. The maximum Gasteiger partial charge on any atom is 0.308 e. The van der Waals surface area contributed by atoms with Crippen LogP contribution in [0.3, 0.4) is 0 Å². The van der Waals surface area contributed by atoms with E-state index in [0.29, 0.717) is 5.92 Å². The molecule has 64 valence electrons. The molecule has 3 nitrogen and oxygen atoms in total. The quantitative estimate of drug-likeness (QED) is 0.624. The highest BCUT2D eigenvalue weighted by Crippen LogP contribution is 2.33. The van der Waals surface area contributed by atoms with E-state index in [0.717, 1.165) is 19.3 Å². The summed E-state index contributed by atoms with van der Waals surface area (Å²) in [6.07, 6.45) is 2.79. The summed E-state index contributed by atoms with van der Waals surface area (Å²) in [5.41, 5.74) is 5.67. The smallest absolute Gasteiger partial charge is 0.308 e. The molecule has 0 bridgehead atoms. The normalized spacial score (nSPS) is 37.5. The van der Waals surface area contributed by atoms with E-state index in [9.17, 15) is 4.79 Å². The van der Waals surface area contributed by atoms with Crippen LogP contribution in [0, 0.1) is 11.8 Å². The van der Waals surface area contributed by atoms with Crippen LogP contribution in [0.5, 0.6) is 0 Å². The molecular weight excluding hydrogens is 142 g/mol. The summed E-state index contributed by atoms with van der Waals surface area (Å²) in [5.74, 6) is -0.704. The molecule has 3 N–H and O–H groups in total. The molecule has 1 aliphatic rings. The van der Waals surface area contributed by atoms with Gasteiger partial charge in [0.2, 0.25) is 0 Å². The third kappa shape index (κ3) is 1.53. The lowest BCUT2D eigenvalue weighted by molar-refractivity contribution is -0.143. The van der Waals surface area contributed by atoms with Crippen molar-refractivity contribution in [2.24, 2.45) is 17.6 Å². The van der Waals surface area contributed by atoms with E-state index in [4.69, 9.17) is 10.8 Å². The minimum absolute atomic E-state index is 0.113. The van der Waals surface area contributed by atoms with E-state index in [-0.39, 0.29) is 12.0 Å². The lowest BCUT2D eigenvalue weighted by Crippen LogP contribution is -2.33. The number of aliphatic carboxylic acids is 1. The maximum atomic E-state index is 10.7. The van der Waals surface area contributed by atoms with Gasteiger partial charge in [0.05, 0.1) is 5.92 Å². The number of carbonyl (C=O) groups is 1. The molecule has 0 aromatic heterocycles. The number of hydrogen-bond acceptors (Lipinski definition) is 2. The molecule has 1 rings (SSSR count). The molecule has 3 heteroatoms. The number of nitrogens with two attached hydrogens (primary N) is 1. The molecule has 0 heterocycles.